The fraction of sp³-hybridized carbons (Fsp3) is 0.300. The smallest absolute Gasteiger partial charge is 0.307 e. The Kier molecular flexibility index (Phi) is 7.66. The molecule has 0 spiro atoms. The number of hydrogen-bond donors (Lipinski definition) is 1. The minimum absolute atomic E-state index is 0.0812. The van der Waals surface area contributed by atoms with Gasteiger partial charge in [0.05, 0.1) is 26.7 Å². The quantitative estimate of drug-likeness (QED) is 0.660. The summed E-state index contributed by atoms with van der Waals surface area (Å²) in [6.45, 7) is 0. The van der Waals surface area contributed by atoms with Gasteiger partial charge in [-0.3, -0.25) is 9.59 Å². The maximum Gasteiger partial charge on any atom is 0.307 e. The number of methoxy groups -OCH3 is 2. The highest BCUT2D eigenvalue weighted by Crippen LogP contribution is 2.22. The molecule has 0 bridgehead atoms. The van der Waals surface area contributed by atoms with Gasteiger partial charge in [0, 0.05) is 10.9 Å². The second-order valence-electron chi connectivity index (χ2n) is 5.81. The van der Waals surface area contributed by atoms with E-state index in [1.54, 1.807) is 7.11 Å². The molecular weight excluding hydrogens is 398 g/mol. The molecule has 0 saturated heterocycles. The summed E-state index contributed by atoms with van der Waals surface area (Å²) in [7, 11) is 2.95. The van der Waals surface area contributed by atoms with Crippen LogP contribution >= 0.6 is 15.9 Å². The molecule has 5 nitrogen and oxygen atoms in total. The molecule has 2 aromatic carbocycles. The van der Waals surface area contributed by atoms with Gasteiger partial charge in [-0.2, -0.15) is 0 Å². The van der Waals surface area contributed by atoms with Gasteiger partial charge in [0.2, 0.25) is 5.91 Å². The summed E-state index contributed by atoms with van der Waals surface area (Å²) >= 11 is 3.41. The van der Waals surface area contributed by atoms with Gasteiger partial charge in [-0.15, -0.1) is 0 Å². The normalized spacial score (nSPS) is 11.5. The number of nitrogens with one attached hydrogen (secondary N) is 1. The second kappa shape index (κ2) is 9.97. The van der Waals surface area contributed by atoms with Crippen molar-refractivity contribution in [2.75, 3.05) is 14.2 Å². The van der Waals surface area contributed by atoms with Crippen LogP contribution in [0, 0.1) is 0 Å². The standard InChI is InChI=1S/C20H22BrNO4/c1-25-17-8-3-5-14(11-17)9-10-19(23)22-18(13-20(24)26-2)15-6-4-7-16(21)12-15/h3-8,11-12,18H,9-10,13H2,1-2H3,(H,22,23). The van der Waals surface area contributed by atoms with Crippen LogP contribution < -0.4 is 10.1 Å². The zero-order valence-corrected chi connectivity index (χ0v) is 16.4. The molecule has 0 aliphatic rings. The zero-order valence-electron chi connectivity index (χ0n) is 14.8. The maximum atomic E-state index is 12.4. The van der Waals surface area contributed by atoms with Gasteiger partial charge in [-0.25, -0.2) is 0 Å². The molecular formula is C20H22BrNO4. The third-order valence-electron chi connectivity index (χ3n) is 3.96. The monoisotopic (exact) mass is 419 g/mol. The van der Waals surface area contributed by atoms with E-state index in [4.69, 9.17) is 9.47 Å². The number of carbonyl (C=O) groups is 2. The third kappa shape index (κ3) is 6.19. The predicted molar refractivity (Wildman–Crippen MR) is 103 cm³/mol. The van der Waals surface area contributed by atoms with Crippen LogP contribution in [0.2, 0.25) is 0 Å². The van der Waals surface area contributed by atoms with Crippen molar-refractivity contribution in [3.63, 3.8) is 0 Å². The summed E-state index contributed by atoms with van der Waals surface area (Å²) in [5.41, 5.74) is 1.87. The molecule has 6 heteroatoms. The van der Waals surface area contributed by atoms with Crippen molar-refractivity contribution in [2.45, 2.75) is 25.3 Å². The van der Waals surface area contributed by atoms with E-state index in [0.29, 0.717) is 12.8 Å². The molecule has 0 saturated carbocycles. The lowest BCUT2D eigenvalue weighted by atomic mass is 10.0. The molecule has 0 aliphatic heterocycles. The summed E-state index contributed by atoms with van der Waals surface area (Å²) in [4.78, 5) is 24.1. The van der Waals surface area contributed by atoms with Gasteiger partial charge in [0.25, 0.3) is 0 Å². The minimum atomic E-state index is -0.433. The van der Waals surface area contributed by atoms with E-state index < -0.39 is 6.04 Å². The Hall–Kier alpha value is -2.34. The molecule has 1 amide bonds. The lowest BCUT2D eigenvalue weighted by Gasteiger charge is -2.18. The molecule has 1 N–H and O–H groups in total. The number of esters is 1. The van der Waals surface area contributed by atoms with Gasteiger partial charge in [0.1, 0.15) is 5.75 Å². The second-order valence-corrected chi connectivity index (χ2v) is 6.72. The molecule has 0 fully saturated rings. The Bertz CT molecular complexity index is 763. The summed E-state index contributed by atoms with van der Waals surface area (Å²) in [5, 5.41) is 2.93. The molecule has 2 rings (SSSR count). The van der Waals surface area contributed by atoms with Crippen LogP contribution in [0.4, 0.5) is 0 Å². The number of amides is 1. The Labute approximate surface area is 161 Å². The summed E-state index contributed by atoms with van der Waals surface area (Å²) in [5.74, 6) is 0.269. The highest BCUT2D eigenvalue weighted by atomic mass is 79.9. The van der Waals surface area contributed by atoms with E-state index in [0.717, 1.165) is 21.3 Å². The Balaban J connectivity index is 2.02. The summed E-state index contributed by atoms with van der Waals surface area (Å²) < 4.78 is 10.8. The van der Waals surface area contributed by atoms with Crippen molar-refractivity contribution in [1.82, 2.24) is 5.32 Å². The van der Waals surface area contributed by atoms with Crippen molar-refractivity contribution >= 4 is 27.8 Å². The molecule has 138 valence electrons. The van der Waals surface area contributed by atoms with Crippen molar-refractivity contribution in [3.05, 3.63) is 64.1 Å². The van der Waals surface area contributed by atoms with Gasteiger partial charge in [-0.1, -0.05) is 40.2 Å². The molecule has 2 aromatic rings. The first kappa shape index (κ1) is 20.0. The predicted octanol–water partition coefficient (Wildman–Crippen LogP) is 3.81. The van der Waals surface area contributed by atoms with Crippen LogP contribution in [0.25, 0.3) is 0 Å². The number of aryl methyl sites for hydroxylation is 1. The molecule has 0 aliphatic carbocycles. The molecule has 0 radical (unpaired) electrons. The van der Waals surface area contributed by atoms with E-state index in [-0.39, 0.29) is 18.3 Å². The third-order valence-corrected chi connectivity index (χ3v) is 4.45. The average Bonchev–Trinajstić information content (AvgIpc) is 2.66. The average molecular weight is 420 g/mol. The van der Waals surface area contributed by atoms with E-state index in [1.165, 1.54) is 7.11 Å². The van der Waals surface area contributed by atoms with E-state index >= 15 is 0 Å². The first-order valence-electron chi connectivity index (χ1n) is 8.26. The van der Waals surface area contributed by atoms with Crippen LogP contribution in [0.1, 0.15) is 30.0 Å². The van der Waals surface area contributed by atoms with E-state index in [2.05, 4.69) is 21.2 Å². The van der Waals surface area contributed by atoms with Crippen LogP contribution in [-0.2, 0) is 20.7 Å². The number of hydrogen-bond acceptors (Lipinski definition) is 4. The first-order chi connectivity index (χ1) is 12.5. The minimum Gasteiger partial charge on any atom is -0.497 e. The first-order valence-corrected chi connectivity index (χ1v) is 9.05. The van der Waals surface area contributed by atoms with Crippen LogP contribution in [0.3, 0.4) is 0 Å². The molecule has 1 atom stereocenters. The number of halogens is 1. The van der Waals surface area contributed by atoms with Crippen LogP contribution in [-0.4, -0.2) is 26.1 Å². The Morgan fingerprint density at radius 3 is 2.58 bits per heavy atom. The van der Waals surface area contributed by atoms with Gasteiger partial charge >= 0.3 is 5.97 Å². The Morgan fingerprint density at radius 1 is 1.12 bits per heavy atom. The largest absolute Gasteiger partial charge is 0.497 e. The fourth-order valence-corrected chi connectivity index (χ4v) is 2.99. The lowest BCUT2D eigenvalue weighted by molar-refractivity contribution is -0.141. The van der Waals surface area contributed by atoms with Gasteiger partial charge in [0.15, 0.2) is 0 Å². The van der Waals surface area contributed by atoms with Crippen LogP contribution in [0.5, 0.6) is 5.75 Å². The maximum absolute atomic E-state index is 12.4. The van der Waals surface area contributed by atoms with Crippen molar-refractivity contribution in [2.24, 2.45) is 0 Å². The molecule has 0 aromatic heterocycles. The van der Waals surface area contributed by atoms with Gasteiger partial charge in [-0.05, 0) is 41.8 Å². The van der Waals surface area contributed by atoms with Crippen molar-refractivity contribution < 1.29 is 19.1 Å². The lowest BCUT2D eigenvalue weighted by Crippen LogP contribution is -2.30. The van der Waals surface area contributed by atoms with Crippen LogP contribution in [0.15, 0.2) is 53.0 Å². The number of rotatable bonds is 8. The van der Waals surface area contributed by atoms with E-state index in [9.17, 15) is 9.59 Å². The highest BCUT2D eigenvalue weighted by molar-refractivity contribution is 9.10. The van der Waals surface area contributed by atoms with Crippen molar-refractivity contribution in [1.29, 1.82) is 0 Å². The number of benzene rings is 2. The summed E-state index contributed by atoms with van der Waals surface area (Å²) in [6, 6.07) is 14.7. The SMILES string of the molecule is COC(=O)CC(NC(=O)CCc1cccc(OC)c1)c1cccc(Br)c1. The van der Waals surface area contributed by atoms with Crippen molar-refractivity contribution in [3.8, 4) is 5.75 Å². The fourth-order valence-electron chi connectivity index (χ4n) is 2.58. The van der Waals surface area contributed by atoms with Gasteiger partial charge < -0.3 is 14.8 Å². The topological polar surface area (TPSA) is 64.6 Å². The highest BCUT2D eigenvalue weighted by Gasteiger charge is 2.19. The van der Waals surface area contributed by atoms with E-state index in [1.807, 2.05) is 48.5 Å². The molecule has 26 heavy (non-hydrogen) atoms. The number of carbonyl (C=O) groups excluding carboxylic acids is 2. The Morgan fingerprint density at radius 2 is 1.88 bits per heavy atom. The number of ether oxygens (including phenoxy) is 2. The summed E-state index contributed by atoms with van der Waals surface area (Å²) in [6.07, 6.45) is 0.989. The molecule has 1 unspecified atom stereocenters. The zero-order chi connectivity index (χ0) is 18.9. The molecule has 0 heterocycles.